The molecule has 2 saturated heterocycles. The van der Waals surface area contributed by atoms with E-state index >= 15 is 0 Å². The number of amides is 6. The quantitative estimate of drug-likeness (QED) is 0.0589. The molecule has 10 N–H and O–H groups in total. The van der Waals surface area contributed by atoms with E-state index in [-0.39, 0.29) is 48.6 Å². The minimum absolute atomic E-state index is 0.0190. The van der Waals surface area contributed by atoms with Crippen LogP contribution < -0.4 is 26.4 Å². The molecule has 0 radical (unpaired) electrons. The Bertz CT molecular complexity index is 2380. The molecule has 448 valence electrons. The largest absolute Gasteiger partial charge is 0.479 e. The molecule has 2 aliphatic rings. The number of ether oxygens (including phenoxy) is 5. The van der Waals surface area contributed by atoms with Gasteiger partial charge in [0.15, 0.2) is 6.10 Å². The number of nitrogens with two attached hydrogens (primary N) is 1. The van der Waals surface area contributed by atoms with Gasteiger partial charge in [-0.3, -0.25) is 28.9 Å². The number of anilines is 1. The molecule has 15 atom stereocenters. The number of carboxylic acids is 1. The van der Waals surface area contributed by atoms with Gasteiger partial charge in [-0.2, -0.15) is 0 Å². The second kappa shape index (κ2) is 30.7. The molecule has 24 nitrogen and oxygen atoms in total. The number of rotatable bonds is 28. The fourth-order valence-corrected chi connectivity index (χ4v) is 10.4. The first-order valence-electron chi connectivity index (χ1n) is 27.3. The molecule has 0 aliphatic carbocycles. The second-order valence-electron chi connectivity index (χ2n) is 21.6. The molecule has 0 spiro atoms. The first-order valence-corrected chi connectivity index (χ1v) is 27.3. The highest BCUT2D eigenvalue weighted by molar-refractivity contribution is 5.93. The summed E-state index contributed by atoms with van der Waals surface area (Å²) in [6.45, 7) is 14.4. The average molecular weight is 1130 g/mol. The third kappa shape index (κ3) is 16.8. The van der Waals surface area contributed by atoms with E-state index in [0.29, 0.717) is 36.9 Å². The lowest BCUT2D eigenvalue weighted by Crippen LogP contribution is -2.61. The van der Waals surface area contributed by atoms with Crippen LogP contribution in [-0.2, 0) is 54.3 Å². The van der Waals surface area contributed by atoms with Crippen LogP contribution in [0.15, 0.2) is 48.5 Å². The van der Waals surface area contributed by atoms with Gasteiger partial charge in [0.2, 0.25) is 35.8 Å². The van der Waals surface area contributed by atoms with Crippen LogP contribution in [0.25, 0.3) is 0 Å². The van der Waals surface area contributed by atoms with Crippen molar-refractivity contribution in [1.29, 1.82) is 0 Å². The Kier molecular flexibility index (Phi) is 25.5. The van der Waals surface area contributed by atoms with Gasteiger partial charge < -0.3 is 80.7 Å². The molecule has 2 aromatic rings. The highest BCUT2D eigenvalue weighted by atomic mass is 16.7. The highest BCUT2D eigenvalue weighted by Gasteiger charge is 2.49. The van der Waals surface area contributed by atoms with E-state index in [0.717, 1.165) is 4.90 Å². The van der Waals surface area contributed by atoms with Gasteiger partial charge >= 0.3 is 12.1 Å². The van der Waals surface area contributed by atoms with Gasteiger partial charge in [-0.15, -0.1) is 0 Å². The van der Waals surface area contributed by atoms with Gasteiger partial charge in [0, 0.05) is 47.8 Å². The molecule has 80 heavy (non-hydrogen) atoms. The molecule has 0 bridgehead atoms. The number of hydrogen-bond donors (Lipinski definition) is 9. The normalized spacial score (nSPS) is 22.6. The lowest BCUT2D eigenvalue weighted by molar-refractivity contribution is -0.271. The van der Waals surface area contributed by atoms with Crippen LogP contribution in [0.5, 0.6) is 5.75 Å². The van der Waals surface area contributed by atoms with Gasteiger partial charge in [0.1, 0.15) is 42.8 Å². The van der Waals surface area contributed by atoms with Gasteiger partial charge in [0.25, 0.3) is 0 Å². The van der Waals surface area contributed by atoms with Gasteiger partial charge in [0.05, 0.1) is 54.5 Å². The summed E-state index contributed by atoms with van der Waals surface area (Å²) >= 11 is 0. The maximum atomic E-state index is 14.7. The van der Waals surface area contributed by atoms with Crippen molar-refractivity contribution in [1.82, 2.24) is 25.3 Å². The van der Waals surface area contributed by atoms with Crippen molar-refractivity contribution in [2.24, 2.45) is 29.4 Å². The van der Waals surface area contributed by atoms with Gasteiger partial charge in [-0.25, -0.2) is 9.59 Å². The molecule has 24 heteroatoms. The summed E-state index contributed by atoms with van der Waals surface area (Å²) in [7, 11) is 5.97. The Morgan fingerprint density at radius 1 is 0.850 bits per heavy atom. The summed E-state index contributed by atoms with van der Waals surface area (Å²) in [4.78, 5) is 99.7. The second-order valence-corrected chi connectivity index (χ2v) is 21.6. The molecule has 4 rings (SSSR count). The highest BCUT2D eigenvalue weighted by Crippen LogP contribution is 2.33. The van der Waals surface area contributed by atoms with Crippen molar-refractivity contribution in [3.8, 4) is 5.75 Å². The van der Waals surface area contributed by atoms with E-state index in [1.807, 2.05) is 32.0 Å². The van der Waals surface area contributed by atoms with Crippen LogP contribution >= 0.6 is 0 Å². The van der Waals surface area contributed by atoms with E-state index in [2.05, 4.69) is 16.0 Å². The van der Waals surface area contributed by atoms with E-state index in [1.165, 1.54) is 44.4 Å². The van der Waals surface area contributed by atoms with E-state index in [4.69, 9.17) is 29.4 Å². The first-order chi connectivity index (χ1) is 37.7. The Morgan fingerprint density at radius 2 is 1.51 bits per heavy atom. The standard InChI is InChI=1S/C56H87N7O17/c1-13-31(6)44(39(76-11)27-41(65)63-25-17-20-37(63)49(77-12)32(7)51(70)58-33(8)45(66)35-18-15-14-16-19-35)61(9)53(72)42(29(2)3)60-52(71)43(30(4)5)62(10)56(75)78-28-34-21-22-38(36(26-34)59-40(64)23-24-57)79-55-48(69)46(67)47(68)50(80-55)54(73)74/h14-16,18-19,21-22,26,29-33,37,39,42-50,55,66-69H,13,17,20,23-25,27-28,57H2,1-12H3,(H,58,70)(H,59,64)(H,60,71)(H,73,74)/t31-,32+,33+,37-,39?,42?,43-,44-,45+,46-,47-,48+,49+,50-,55+/m0/s1. The SMILES string of the molecule is CC[C@H](C)[C@@H](C(CC(=O)N1CCC[C@H]1[C@H](OC)[C@@H](C)C(=O)N[C@H](C)[C@@H](O)c1ccccc1)OC)N(C)C(=O)C(NC(=O)[C@H](C(C)C)N(C)C(=O)OCc1ccc(O[C@@H]2O[C@H](C(=O)O)[C@@H](O)[C@H](O)[C@H]2O)c(NC(=O)CCN)c1)C(C)C. The zero-order valence-electron chi connectivity index (χ0n) is 48.1. The smallest absolute Gasteiger partial charge is 0.410 e. The zero-order valence-corrected chi connectivity index (χ0v) is 48.1. The molecular weight excluding hydrogens is 1040 g/mol. The molecule has 2 aromatic carbocycles. The Labute approximate surface area is 468 Å². The van der Waals surface area contributed by atoms with Crippen LogP contribution in [0.1, 0.15) is 105 Å². The average Bonchev–Trinajstić information content (AvgIpc) is 3.91. The number of likely N-dealkylation sites (N-methyl/N-ethyl adjacent to an activating group) is 2. The van der Waals surface area contributed by atoms with Gasteiger partial charge in [-0.05, 0) is 60.8 Å². The lowest BCUT2D eigenvalue weighted by atomic mass is 9.89. The minimum Gasteiger partial charge on any atom is -0.479 e. The summed E-state index contributed by atoms with van der Waals surface area (Å²) in [5, 5.41) is 59.8. The number of likely N-dealkylation sites (tertiary alicyclic amines) is 1. The number of aliphatic hydroxyl groups excluding tert-OH is 4. The van der Waals surface area contributed by atoms with Crippen LogP contribution in [0.4, 0.5) is 10.5 Å². The molecular formula is C56H87N7O17. The van der Waals surface area contributed by atoms with Crippen molar-refractivity contribution in [3.05, 3.63) is 59.7 Å². The number of carboxylic acid groups (broad SMARTS) is 1. The summed E-state index contributed by atoms with van der Waals surface area (Å²) in [6, 6.07) is 9.20. The van der Waals surface area contributed by atoms with Crippen LogP contribution in [0, 0.1) is 23.7 Å². The van der Waals surface area contributed by atoms with Crippen LogP contribution in [0.2, 0.25) is 0 Å². The number of carbonyl (C=O) groups excluding carboxylic acids is 6. The maximum Gasteiger partial charge on any atom is 0.410 e. The number of methoxy groups -OCH3 is 2. The maximum absolute atomic E-state index is 14.7. The number of nitrogens with zero attached hydrogens (tertiary/aromatic N) is 3. The number of hydrogen-bond acceptors (Lipinski definition) is 17. The van der Waals surface area contributed by atoms with Crippen LogP contribution in [-0.4, -0.2) is 196 Å². The molecule has 6 amide bonds. The molecule has 2 unspecified atom stereocenters. The molecule has 2 aliphatic heterocycles. The van der Waals surface area contributed by atoms with Crippen molar-refractivity contribution >= 4 is 47.3 Å². The Hall–Kier alpha value is -5.99. The van der Waals surface area contributed by atoms with Crippen molar-refractivity contribution in [2.75, 3.05) is 46.7 Å². The molecule has 2 heterocycles. The summed E-state index contributed by atoms with van der Waals surface area (Å²) in [5.41, 5.74) is 6.50. The van der Waals surface area contributed by atoms with E-state index in [1.54, 1.807) is 65.6 Å². The summed E-state index contributed by atoms with van der Waals surface area (Å²) in [6.07, 6.45) is -11.3. The number of carbonyl (C=O) groups is 7. The van der Waals surface area contributed by atoms with Crippen molar-refractivity contribution < 1.29 is 82.8 Å². The monoisotopic (exact) mass is 1130 g/mol. The molecule has 0 aromatic heterocycles. The lowest BCUT2D eigenvalue weighted by Gasteiger charge is -2.41. The third-order valence-corrected chi connectivity index (χ3v) is 15.2. The van der Waals surface area contributed by atoms with Crippen molar-refractivity contribution in [2.45, 2.75) is 173 Å². The predicted octanol–water partition coefficient (Wildman–Crippen LogP) is 2.14. The number of benzene rings is 2. The predicted molar refractivity (Wildman–Crippen MR) is 292 cm³/mol. The fourth-order valence-electron chi connectivity index (χ4n) is 10.4. The zero-order chi connectivity index (χ0) is 59.9. The first kappa shape index (κ1) is 66.5. The van der Waals surface area contributed by atoms with Gasteiger partial charge in [-0.1, -0.05) is 91.3 Å². The summed E-state index contributed by atoms with van der Waals surface area (Å²) < 4.78 is 28.6. The molecule has 2 fully saturated rings. The third-order valence-electron chi connectivity index (χ3n) is 15.2. The van der Waals surface area contributed by atoms with E-state index in [9.17, 15) is 59.1 Å². The minimum atomic E-state index is -1.97. The van der Waals surface area contributed by atoms with Crippen LogP contribution in [0.3, 0.4) is 0 Å². The van der Waals surface area contributed by atoms with E-state index < -0.39 is 133 Å². The topological polar surface area (TPSA) is 339 Å². The van der Waals surface area contributed by atoms with Crippen molar-refractivity contribution in [3.63, 3.8) is 0 Å². The Balaban J connectivity index is 1.47. The number of nitrogens with one attached hydrogen (secondary N) is 3. The number of aliphatic hydroxyl groups is 4. The Morgan fingerprint density at radius 3 is 2.09 bits per heavy atom. The summed E-state index contributed by atoms with van der Waals surface area (Å²) in [5.74, 6) is -5.83. The number of aliphatic carboxylic acids is 1. The fraction of sp³-hybridized carbons (Fsp3) is 0.661. The molecule has 0 saturated carbocycles.